The third-order valence-electron chi connectivity index (χ3n) is 5.26. The van der Waals surface area contributed by atoms with Gasteiger partial charge in [0.2, 0.25) is 5.91 Å². The summed E-state index contributed by atoms with van der Waals surface area (Å²) in [5.74, 6) is -2.18. The Bertz CT molecular complexity index is 726. The van der Waals surface area contributed by atoms with Crippen LogP contribution in [-0.4, -0.2) is 66.9 Å². The van der Waals surface area contributed by atoms with Crippen molar-refractivity contribution in [2.75, 3.05) is 20.8 Å². The molecule has 1 saturated heterocycles. The SMILES string of the molecule is COC(=O)C(Cc1ccc(F)cc1)NC(=O)[C@H](C)[C@@H](OC)C1CCCN1C(=O)O. The number of likely N-dealkylation sites (tertiary alicyclic amines) is 1. The number of carboxylic acid groups (broad SMARTS) is 1. The fourth-order valence-electron chi connectivity index (χ4n) is 3.71. The summed E-state index contributed by atoms with van der Waals surface area (Å²) in [5, 5.41) is 12.0. The molecular formula is C20H27FN2O6. The second-order valence-electron chi connectivity index (χ2n) is 7.09. The molecule has 0 radical (unpaired) electrons. The number of halogens is 1. The standard InChI is InChI=1S/C20H27FN2O6/c1-12(17(28-2)16-5-4-10-23(16)20(26)27)18(24)22-15(19(25)29-3)11-13-6-8-14(21)9-7-13/h6-9,12,15-17H,4-5,10-11H2,1-3H3,(H,22,24)(H,26,27)/t12-,15?,16?,17-/m1/s1. The number of nitrogens with one attached hydrogen (secondary N) is 1. The molecule has 0 bridgehead atoms. The van der Waals surface area contributed by atoms with Crippen molar-refractivity contribution in [1.82, 2.24) is 10.2 Å². The lowest BCUT2D eigenvalue weighted by molar-refractivity contribution is -0.146. The molecule has 0 aromatic heterocycles. The van der Waals surface area contributed by atoms with Crippen molar-refractivity contribution in [3.8, 4) is 0 Å². The lowest BCUT2D eigenvalue weighted by Crippen LogP contribution is -2.52. The van der Waals surface area contributed by atoms with E-state index in [1.54, 1.807) is 6.92 Å². The second-order valence-corrected chi connectivity index (χ2v) is 7.09. The third-order valence-corrected chi connectivity index (χ3v) is 5.26. The first-order valence-corrected chi connectivity index (χ1v) is 9.43. The van der Waals surface area contributed by atoms with Crippen LogP contribution in [0.2, 0.25) is 0 Å². The molecule has 8 nitrogen and oxygen atoms in total. The average Bonchev–Trinajstić information content (AvgIpc) is 3.18. The molecule has 2 amide bonds. The van der Waals surface area contributed by atoms with Crippen molar-refractivity contribution in [1.29, 1.82) is 0 Å². The Hall–Kier alpha value is -2.68. The second kappa shape index (κ2) is 10.2. The number of carbonyl (C=O) groups excluding carboxylic acids is 2. The van der Waals surface area contributed by atoms with Crippen LogP contribution in [0.25, 0.3) is 0 Å². The molecule has 0 aliphatic carbocycles. The van der Waals surface area contributed by atoms with E-state index in [-0.39, 0.29) is 6.42 Å². The lowest BCUT2D eigenvalue weighted by atomic mass is 9.94. The van der Waals surface area contributed by atoms with E-state index >= 15 is 0 Å². The van der Waals surface area contributed by atoms with Gasteiger partial charge in [-0.1, -0.05) is 19.1 Å². The van der Waals surface area contributed by atoms with Gasteiger partial charge in [0.15, 0.2) is 0 Å². The molecule has 0 spiro atoms. The smallest absolute Gasteiger partial charge is 0.407 e. The number of hydrogen-bond acceptors (Lipinski definition) is 5. The van der Waals surface area contributed by atoms with Crippen LogP contribution in [0, 0.1) is 11.7 Å². The molecule has 160 valence electrons. The van der Waals surface area contributed by atoms with Crippen LogP contribution in [0.5, 0.6) is 0 Å². The first kappa shape index (κ1) is 22.6. The van der Waals surface area contributed by atoms with E-state index < -0.39 is 47.9 Å². The molecule has 1 aliphatic rings. The Morgan fingerprint density at radius 2 is 1.93 bits per heavy atom. The Kier molecular flexibility index (Phi) is 7.95. The van der Waals surface area contributed by atoms with E-state index in [1.807, 2.05) is 0 Å². The minimum absolute atomic E-state index is 0.133. The molecule has 29 heavy (non-hydrogen) atoms. The molecule has 1 aliphatic heterocycles. The fraction of sp³-hybridized carbons (Fsp3) is 0.550. The Morgan fingerprint density at radius 1 is 1.28 bits per heavy atom. The fourth-order valence-corrected chi connectivity index (χ4v) is 3.71. The zero-order valence-corrected chi connectivity index (χ0v) is 16.8. The van der Waals surface area contributed by atoms with Gasteiger partial charge in [0, 0.05) is 20.1 Å². The maximum atomic E-state index is 13.1. The van der Waals surface area contributed by atoms with E-state index in [0.29, 0.717) is 24.9 Å². The molecule has 2 rings (SSSR count). The zero-order chi connectivity index (χ0) is 21.6. The molecule has 1 heterocycles. The molecule has 0 saturated carbocycles. The first-order valence-electron chi connectivity index (χ1n) is 9.43. The van der Waals surface area contributed by atoms with Crippen LogP contribution in [0.15, 0.2) is 24.3 Å². The summed E-state index contributed by atoms with van der Waals surface area (Å²) in [6.07, 6.45) is -0.282. The minimum Gasteiger partial charge on any atom is -0.467 e. The van der Waals surface area contributed by atoms with E-state index in [1.165, 1.54) is 43.4 Å². The van der Waals surface area contributed by atoms with Gasteiger partial charge in [0.25, 0.3) is 0 Å². The van der Waals surface area contributed by atoms with E-state index in [0.717, 1.165) is 0 Å². The highest BCUT2D eigenvalue weighted by Crippen LogP contribution is 2.26. The quantitative estimate of drug-likeness (QED) is 0.634. The van der Waals surface area contributed by atoms with Gasteiger partial charge < -0.3 is 24.8 Å². The number of ether oxygens (including phenoxy) is 2. The first-order chi connectivity index (χ1) is 13.8. The number of amides is 2. The van der Waals surface area contributed by atoms with Gasteiger partial charge in [0.1, 0.15) is 11.9 Å². The summed E-state index contributed by atoms with van der Waals surface area (Å²) in [6, 6.07) is 4.21. The number of carbonyl (C=O) groups is 3. The van der Waals surface area contributed by atoms with Gasteiger partial charge in [0.05, 0.1) is 25.2 Å². The van der Waals surface area contributed by atoms with Crippen LogP contribution in [-0.2, 0) is 25.5 Å². The van der Waals surface area contributed by atoms with Crippen LogP contribution >= 0.6 is 0 Å². The van der Waals surface area contributed by atoms with Crippen molar-refractivity contribution in [2.45, 2.75) is 44.4 Å². The maximum absolute atomic E-state index is 13.1. The Morgan fingerprint density at radius 3 is 2.48 bits per heavy atom. The largest absolute Gasteiger partial charge is 0.467 e. The zero-order valence-electron chi connectivity index (χ0n) is 16.8. The molecule has 1 aromatic rings. The van der Waals surface area contributed by atoms with Crippen molar-refractivity contribution in [3.05, 3.63) is 35.6 Å². The van der Waals surface area contributed by atoms with Gasteiger partial charge >= 0.3 is 12.1 Å². The van der Waals surface area contributed by atoms with Gasteiger partial charge in [-0.05, 0) is 30.5 Å². The minimum atomic E-state index is -1.05. The molecule has 1 fully saturated rings. The summed E-state index contributed by atoms with van der Waals surface area (Å²) < 4.78 is 23.4. The topological polar surface area (TPSA) is 105 Å². The summed E-state index contributed by atoms with van der Waals surface area (Å²) in [7, 11) is 2.65. The lowest BCUT2D eigenvalue weighted by Gasteiger charge is -2.32. The van der Waals surface area contributed by atoms with Gasteiger partial charge in [-0.15, -0.1) is 0 Å². The van der Waals surface area contributed by atoms with Crippen molar-refractivity contribution in [2.24, 2.45) is 5.92 Å². The Labute approximate surface area is 169 Å². The van der Waals surface area contributed by atoms with E-state index in [2.05, 4.69) is 5.32 Å². The predicted molar refractivity (Wildman–Crippen MR) is 102 cm³/mol. The highest BCUT2D eigenvalue weighted by molar-refractivity contribution is 5.86. The summed E-state index contributed by atoms with van der Waals surface area (Å²) in [5.41, 5.74) is 0.658. The molecule has 2 N–H and O–H groups in total. The van der Waals surface area contributed by atoms with Crippen molar-refractivity contribution < 1.29 is 33.4 Å². The van der Waals surface area contributed by atoms with Gasteiger partial charge in [-0.2, -0.15) is 0 Å². The average molecular weight is 410 g/mol. The molecular weight excluding hydrogens is 383 g/mol. The normalized spacial score (nSPS) is 19.3. The Balaban J connectivity index is 2.11. The van der Waals surface area contributed by atoms with Crippen LogP contribution in [0.3, 0.4) is 0 Å². The monoisotopic (exact) mass is 410 g/mol. The number of methoxy groups -OCH3 is 2. The number of rotatable bonds is 8. The number of hydrogen-bond donors (Lipinski definition) is 2. The van der Waals surface area contributed by atoms with E-state index in [4.69, 9.17) is 9.47 Å². The summed E-state index contributed by atoms with van der Waals surface area (Å²) >= 11 is 0. The number of esters is 1. The van der Waals surface area contributed by atoms with Gasteiger partial charge in [-0.25, -0.2) is 14.0 Å². The van der Waals surface area contributed by atoms with Crippen molar-refractivity contribution >= 4 is 18.0 Å². The maximum Gasteiger partial charge on any atom is 0.407 e. The highest BCUT2D eigenvalue weighted by Gasteiger charge is 2.40. The highest BCUT2D eigenvalue weighted by atomic mass is 19.1. The van der Waals surface area contributed by atoms with Crippen LogP contribution in [0.4, 0.5) is 9.18 Å². The van der Waals surface area contributed by atoms with E-state index in [9.17, 15) is 23.9 Å². The van der Waals surface area contributed by atoms with Crippen LogP contribution < -0.4 is 5.32 Å². The molecule has 9 heteroatoms. The number of benzene rings is 1. The predicted octanol–water partition coefficient (Wildman–Crippen LogP) is 1.82. The molecule has 2 unspecified atom stereocenters. The number of nitrogens with zero attached hydrogens (tertiary/aromatic N) is 1. The van der Waals surface area contributed by atoms with Gasteiger partial charge in [-0.3, -0.25) is 4.79 Å². The summed E-state index contributed by atoms with van der Waals surface area (Å²) in [4.78, 5) is 37.7. The van der Waals surface area contributed by atoms with Crippen LogP contribution in [0.1, 0.15) is 25.3 Å². The molecule has 1 aromatic carbocycles. The molecule has 4 atom stereocenters. The third kappa shape index (κ3) is 5.66. The summed E-state index contributed by atoms with van der Waals surface area (Å²) in [6.45, 7) is 2.03. The van der Waals surface area contributed by atoms with Crippen molar-refractivity contribution in [3.63, 3.8) is 0 Å².